The monoisotopic (exact) mass is 1070 g/mol. The lowest BCUT2D eigenvalue weighted by atomic mass is 10.0. The van der Waals surface area contributed by atoms with Gasteiger partial charge >= 0.3 is 0 Å². The van der Waals surface area contributed by atoms with Gasteiger partial charge in [-0.05, 0) is 185 Å². The van der Waals surface area contributed by atoms with Crippen LogP contribution in [-0.4, -0.2) is 0 Å². The summed E-state index contributed by atoms with van der Waals surface area (Å²) in [6.45, 7) is 18.9. The zero-order valence-electron chi connectivity index (χ0n) is 59.6. The molecule has 0 bridgehead atoms. The SMILES string of the molecule is Cc1cc(C)[n+](C)c(-c2ccccc2C)c1.Cc1ccc(-c2ccc(C)c[n+]2C)c(C)c1.Cc1ccc(C)c(-c2ccc(C)c[n+]2C)c1.[2H]C([2H])([2H])c1ccc(-c2cc(C)ccc2C)[n+](C)c1.[2H]C([2H])([2H])c1ccc(-c2ccc(C([2H])([2H])[2H])c[n+]2C)c(C)c1. The molecule has 0 atom stereocenters. The summed E-state index contributed by atoms with van der Waals surface area (Å²) >= 11 is 0. The van der Waals surface area contributed by atoms with Crippen molar-refractivity contribution in [1.82, 2.24) is 0 Å². The Balaban J connectivity index is 0.000000178. The van der Waals surface area contributed by atoms with Crippen LogP contribution in [0.2, 0.25) is 0 Å². The number of nitrogens with zero attached hydrogens (tertiary/aromatic N) is 5. The summed E-state index contributed by atoms with van der Waals surface area (Å²) in [5.74, 6) is 0. The van der Waals surface area contributed by atoms with Gasteiger partial charge in [-0.25, -0.2) is 18.3 Å². The molecular formula is C75H90N5+5. The molecule has 0 fully saturated rings. The molecule has 0 aliphatic carbocycles. The Morgan fingerprint density at radius 3 is 1.01 bits per heavy atom. The van der Waals surface area contributed by atoms with E-state index in [1.807, 2.05) is 24.6 Å². The molecule has 0 aliphatic heterocycles. The largest absolute Gasteiger partial charge is 0.212 e. The third kappa shape index (κ3) is 16.2. The normalized spacial score (nSPS) is 12.6. The summed E-state index contributed by atoms with van der Waals surface area (Å²) in [6.07, 6.45) is 7.59. The van der Waals surface area contributed by atoms with Crippen molar-refractivity contribution in [3.05, 3.63) is 266 Å². The van der Waals surface area contributed by atoms with E-state index in [0.717, 1.165) is 28.1 Å². The van der Waals surface area contributed by atoms with E-state index in [0.29, 0.717) is 11.1 Å². The van der Waals surface area contributed by atoms with E-state index in [2.05, 4.69) is 239 Å². The van der Waals surface area contributed by atoms with Crippen LogP contribution in [-0.2, 0) is 35.2 Å². The topological polar surface area (TPSA) is 19.4 Å². The molecule has 0 unspecified atom stereocenters. The highest BCUT2D eigenvalue weighted by Gasteiger charge is 2.17. The van der Waals surface area contributed by atoms with E-state index in [9.17, 15) is 0 Å². The van der Waals surface area contributed by atoms with E-state index in [4.69, 9.17) is 12.3 Å². The number of hydrogen-bond acceptors (Lipinski definition) is 0. The highest BCUT2D eigenvalue weighted by molar-refractivity contribution is 5.65. The highest BCUT2D eigenvalue weighted by atomic mass is 14.9. The second-order valence-electron chi connectivity index (χ2n) is 21.7. The lowest BCUT2D eigenvalue weighted by molar-refractivity contribution is -0.666. The van der Waals surface area contributed by atoms with Gasteiger partial charge in [-0.1, -0.05) is 89.0 Å². The second-order valence-corrected chi connectivity index (χ2v) is 21.7. The maximum Gasteiger partial charge on any atom is 0.212 e. The summed E-state index contributed by atoms with van der Waals surface area (Å²) in [7, 11) is 9.98. The van der Waals surface area contributed by atoms with Crippen LogP contribution in [0.25, 0.3) is 56.3 Å². The third-order valence-corrected chi connectivity index (χ3v) is 14.4. The smallest absolute Gasteiger partial charge is 0.201 e. The van der Waals surface area contributed by atoms with Crippen LogP contribution in [0.3, 0.4) is 0 Å². The van der Waals surface area contributed by atoms with Crippen molar-refractivity contribution < 1.29 is 35.2 Å². The van der Waals surface area contributed by atoms with Crippen LogP contribution >= 0.6 is 0 Å². The Morgan fingerprint density at radius 2 is 0.588 bits per heavy atom. The van der Waals surface area contributed by atoms with E-state index in [1.54, 1.807) is 60.4 Å². The lowest BCUT2D eigenvalue weighted by Gasteiger charge is -2.06. The molecule has 0 spiro atoms. The number of pyridine rings is 5. The molecule has 5 heteroatoms. The van der Waals surface area contributed by atoms with Crippen molar-refractivity contribution >= 4 is 0 Å². The van der Waals surface area contributed by atoms with Crippen molar-refractivity contribution in [2.24, 2.45) is 35.2 Å². The van der Waals surface area contributed by atoms with Gasteiger partial charge in [0.1, 0.15) is 35.2 Å². The van der Waals surface area contributed by atoms with Crippen LogP contribution in [0, 0.1) is 104 Å². The Kier molecular flexibility index (Phi) is 16.9. The minimum Gasteiger partial charge on any atom is -0.201 e. The average molecular weight is 1070 g/mol. The quantitative estimate of drug-likeness (QED) is 0.153. The van der Waals surface area contributed by atoms with Gasteiger partial charge in [0.2, 0.25) is 28.5 Å². The predicted molar refractivity (Wildman–Crippen MR) is 336 cm³/mol. The van der Waals surface area contributed by atoms with Crippen molar-refractivity contribution in [3.8, 4) is 56.3 Å². The summed E-state index contributed by atoms with van der Waals surface area (Å²) in [5.41, 5.74) is 27.6. The van der Waals surface area contributed by atoms with E-state index >= 15 is 0 Å². The molecule has 5 aromatic carbocycles. The fraction of sp³-hybridized carbons (Fsp3) is 0.267. The van der Waals surface area contributed by atoms with Crippen molar-refractivity contribution in [3.63, 3.8) is 0 Å². The van der Waals surface area contributed by atoms with Crippen LogP contribution in [0.1, 0.15) is 95.9 Å². The summed E-state index contributed by atoms with van der Waals surface area (Å²) in [5, 5.41) is 0. The molecule has 0 N–H and O–H groups in total. The van der Waals surface area contributed by atoms with Crippen molar-refractivity contribution in [2.75, 3.05) is 0 Å². The molecule has 10 aromatic rings. The van der Waals surface area contributed by atoms with E-state index in [-0.39, 0.29) is 5.56 Å². The van der Waals surface area contributed by atoms with Crippen LogP contribution in [0.4, 0.5) is 0 Å². The van der Waals surface area contributed by atoms with Gasteiger partial charge in [0, 0.05) is 106 Å². The number of benzene rings is 5. The molecule has 10 rings (SSSR count). The molecule has 0 radical (unpaired) electrons. The maximum absolute atomic E-state index is 7.45. The van der Waals surface area contributed by atoms with Crippen LogP contribution in [0.15, 0.2) is 183 Å². The number of aromatic nitrogens is 5. The first kappa shape index (κ1) is 48.9. The highest BCUT2D eigenvalue weighted by Crippen LogP contribution is 2.26. The predicted octanol–water partition coefficient (Wildman–Crippen LogP) is 15.5. The fourth-order valence-electron chi connectivity index (χ4n) is 9.99. The van der Waals surface area contributed by atoms with Crippen LogP contribution < -0.4 is 22.8 Å². The molecule has 5 nitrogen and oxygen atoms in total. The van der Waals surface area contributed by atoms with Gasteiger partial charge in [-0.3, -0.25) is 0 Å². The molecule has 5 heterocycles. The average Bonchev–Trinajstić information content (AvgIpc) is 1.20. The minimum atomic E-state index is -2.14. The summed E-state index contributed by atoms with van der Waals surface area (Å²) in [6, 6.07) is 53.1. The number of aryl methyl sites for hydroxylation is 19. The Bertz CT molecular complexity index is 4030. The Morgan fingerprint density at radius 1 is 0.250 bits per heavy atom. The Labute approximate surface area is 494 Å². The van der Waals surface area contributed by atoms with Crippen molar-refractivity contribution in [2.45, 2.75) is 104 Å². The van der Waals surface area contributed by atoms with E-state index in [1.165, 1.54) is 95.1 Å². The molecular weight excluding hydrogens is 971 g/mol. The third-order valence-electron chi connectivity index (χ3n) is 14.4. The van der Waals surface area contributed by atoms with Gasteiger partial charge in [0.05, 0.1) is 0 Å². The number of hydrogen-bond donors (Lipinski definition) is 0. The summed E-state index contributed by atoms with van der Waals surface area (Å²) < 4.78 is 77.2. The molecule has 0 aliphatic rings. The van der Waals surface area contributed by atoms with E-state index < -0.39 is 20.6 Å². The molecule has 410 valence electrons. The Hall–Kier alpha value is -8.15. The standard InChI is InChI=1S/5C15H18N/c2*1-11-5-7-14(13(3)9-11)15-8-6-12(2)10-16(15)4;2*1-11-5-7-13(3)14(9-11)15-8-6-12(2)10-16(15)4;1-11-9-13(3)16(4)15(10-11)14-8-6-5-7-12(14)2/h5*5-10H,1-4H3/q5*+1/i1D3,2D3;;2D3;;. The number of rotatable bonds is 5. The van der Waals surface area contributed by atoms with Gasteiger partial charge < -0.3 is 0 Å². The maximum atomic E-state index is 7.45. The minimum absolute atomic E-state index is 0.274. The summed E-state index contributed by atoms with van der Waals surface area (Å²) in [4.78, 5) is 0. The molecule has 5 aromatic heterocycles. The fourth-order valence-corrected chi connectivity index (χ4v) is 9.99. The van der Waals surface area contributed by atoms with Gasteiger partial charge in [0.25, 0.3) is 0 Å². The lowest BCUT2D eigenvalue weighted by Crippen LogP contribution is -2.34. The van der Waals surface area contributed by atoms with Crippen molar-refractivity contribution in [1.29, 1.82) is 0 Å². The first-order chi connectivity index (χ1) is 41.5. The molecule has 80 heavy (non-hydrogen) atoms. The first-order valence-electron chi connectivity index (χ1n) is 31.8. The molecule has 0 saturated heterocycles. The molecule has 0 amide bonds. The molecule has 0 saturated carbocycles. The van der Waals surface area contributed by atoms with Gasteiger partial charge in [0.15, 0.2) is 30.5 Å². The van der Waals surface area contributed by atoms with Crippen LogP contribution in [0.5, 0.6) is 0 Å². The first-order valence-corrected chi connectivity index (χ1v) is 27.3. The van der Waals surface area contributed by atoms with Gasteiger partial charge in [-0.15, -0.1) is 0 Å². The second kappa shape index (κ2) is 27.6. The van der Waals surface area contributed by atoms with Gasteiger partial charge in [-0.2, -0.15) is 4.57 Å². The zero-order valence-corrected chi connectivity index (χ0v) is 50.6. The zero-order chi connectivity index (χ0) is 66.0.